The first kappa shape index (κ1) is 11.4. The van der Waals surface area contributed by atoms with Gasteiger partial charge in [0.2, 0.25) is 0 Å². The van der Waals surface area contributed by atoms with Crippen LogP contribution < -0.4 is 15.8 Å². The van der Waals surface area contributed by atoms with Crippen LogP contribution in [-0.2, 0) is 0 Å². The summed E-state index contributed by atoms with van der Waals surface area (Å²) in [4.78, 5) is 0. The summed E-state index contributed by atoms with van der Waals surface area (Å²) in [6, 6.07) is 5.18. The highest BCUT2D eigenvalue weighted by molar-refractivity contribution is 5.32. The van der Waals surface area contributed by atoms with Crippen LogP contribution in [0.1, 0.15) is 17.9 Å². The number of halogens is 1. The van der Waals surface area contributed by atoms with E-state index in [4.69, 9.17) is 10.5 Å². The Morgan fingerprint density at radius 1 is 1.50 bits per heavy atom. The molecule has 88 valence electrons. The van der Waals surface area contributed by atoms with E-state index in [1.165, 1.54) is 13.2 Å². The number of hydrogen-bond donors (Lipinski definition) is 2. The highest BCUT2D eigenvalue weighted by Crippen LogP contribution is 2.26. The summed E-state index contributed by atoms with van der Waals surface area (Å²) >= 11 is 0. The number of piperidine rings is 1. The van der Waals surface area contributed by atoms with E-state index in [1.807, 2.05) is 6.07 Å². The molecule has 1 aliphatic heterocycles. The maximum absolute atomic E-state index is 13.5. The smallest absolute Gasteiger partial charge is 0.165 e. The van der Waals surface area contributed by atoms with Gasteiger partial charge < -0.3 is 15.8 Å². The second-order valence-electron chi connectivity index (χ2n) is 4.16. The van der Waals surface area contributed by atoms with E-state index in [0.717, 1.165) is 25.1 Å². The zero-order valence-electron chi connectivity index (χ0n) is 9.37. The summed E-state index contributed by atoms with van der Waals surface area (Å²) in [6.45, 7) is 1.75. The van der Waals surface area contributed by atoms with Crippen molar-refractivity contribution in [2.75, 3.05) is 20.2 Å². The lowest BCUT2D eigenvalue weighted by Gasteiger charge is -2.29. The van der Waals surface area contributed by atoms with Gasteiger partial charge in [0, 0.05) is 18.5 Å². The van der Waals surface area contributed by atoms with E-state index in [0.29, 0.717) is 0 Å². The van der Waals surface area contributed by atoms with Crippen molar-refractivity contribution in [3.8, 4) is 5.75 Å². The third-order valence-electron chi connectivity index (χ3n) is 3.14. The zero-order valence-corrected chi connectivity index (χ0v) is 9.37. The molecule has 1 saturated heterocycles. The molecule has 2 rings (SSSR count). The molecule has 0 spiro atoms. The molecule has 1 heterocycles. The van der Waals surface area contributed by atoms with Gasteiger partial charge in [0.05, 0.1) is 7.11 Å². The minimum atomic E-state index is -0.322. The van der Waals surface area contributed by atoms with E-state index in [9.17, 15) is 4.39 Å². The Hall–Kier alpha value is -1.13. The first-order valence-electron chi connectivity index (χ1n) is 5.52. The Balaban J connectivity index is 2.22. The molecule has 2 atom stereocenters. The van der Waals surface area contributed by atoms with Crippen molar-refractivity contribution in [3.63, 3.8) is 0 Å². The van der Waals surface area contributed by atoms with Crippen LogP contribution in [0.25, 0.3) is 0 Å². The Kier molecular flexibility index (Phi) is 3.41. The molecular weight excluding hydrogens is 207 g/mol. The highest BCUT2D eigenvalue weighted by atomic mass is 19.1. The molecule has 0 aliphatic carbocycles. The van der Waals surface area contributed by atoms with Gasteiger partial charge >= 0.3 is 0 Å². The molecule has 1 aromatic carbocycles. The van der Waals surface area contributed by atoms with Gasteiger partial charge in [-0.05, 0) is 30.7 Å². The number of rotatable bonds is 2. The van der Waals surface area contributed by atoms with Crippen molar-refractivity contribution in [3.05, 3.63) is 29.6 Å². The Morgan fingerprint density at radius 2 is 2.31 bits per heavy atom. The molecule has 3 nitrogen and oxygen atoms in total. The predicted octanol–water partition coefficient (Wildman–Crippen LogP) is 1.24. The first-order chi connectivity index (χ1) is 7.72. The molecular formula is C12H17FN2O. The van der Waals surface area contributed by atoms with Crippen molar-refractivity contribution in [1.82, 2.24) is 5.32 Å². The van der Waals surface area contributed by atoms with E-state index in [-0.39, 0.29) is 23.5 Å². The quantitative estimate of drug-likeness (QED) is 0.794. The third kappa shape index (κ3) is 2.18. The molecule has 0 amide bonds. The lowest BCUT2D eigenvalue weighted by molar-refractivity contribution is 0.381. The number of nitrogens with two attached hydrogens (primary N) is 1. The Bertz CT molecular complexity index is 370. The number of ether oxygens (including phenoxy) is 1. The molecule has 16 heavy (non-hydrogen) atoms. The van der Waals surface area contributed by atoms with Gasteiger partial charge in [-0.15, -0.1) is 0 Å². The fraction of sp³-hybridized carbons (Fsp3) is 0.500. The van der Waals surface area contributed by atoms with Crippen LogP contribution in [0.5, 0.6) is 5.75 Å². The average molecular weight is 224 g/mol. The molecule has 0 saturated carbocycles. The summed E-state index contributed by atoms with van der Waals surface area (Å²) in [7, 11) is 1.46. The Morgan fingerprint density at radius 3 is 2.94 bits per heavy atom. The first-order valence-corrected chi connectivity index (χ1v) is 5.52. The van der Waals surface area contributed by atoms with Crippen LogP contribution in [0.2, 0.25) is 0 Å². The molecule has 2 unspecified atom stereocenters. The monoisotopic (exact) mass is 224 g/mol. The molecule has 1 aliphatic rings. The van der Waals surface area contributed by atoms with E-state index in [1.54, 1.807) is 6.07 Å². The fourth-order valence-electron chi connectivity index (χ4n) is 2.16. The number of benzene rings is 1. The van der Waals surface area contributed by atoms with Crippen molar-refractivity contribution < 1.29 is 9.13 Å². The highest BCUT2D eigenvalue weighted by Gasteiger charge is 2.23. The van der Waals surface area contributed by atoms with Gasteiger partial charge in [-0.1, -0.05) is 6.07 Å². The van der Waals surface area contributed by atoms with Crippen LogP contribution in [0.15, 0.2) is 18.2 Å². The maximum atomic E-state index is 13.5. The molecule has 1 aromatic rings. The van der Waals surface area contributed by atoms with Gasteiger partial charge in [0.1, 0.15) is 0 Å². The van der Waals surface area contributed by atoms with Gasteiger partial charge in [0.15, 0.2) is 11.6 Å². The predicted molar refractivity (Wildman–Crippen MR) is 61.2 cm³/mol. The average Bonchev–Trinajstić information content (AvgIpc) is 2.29. The van der Waals surface area contributed by atoms with Gasteiger partial charge in [-0.2, -0.15) is 0 Å². The maximum Gasteiger partial charge on any atom is 0.165 e. The van der Waals surface area contributed by atoms with Gasteiger partial charge in [0.25, 0.3) is 0 Å². The minimum absolute atomic E-state index is 0.106. The van der Waals surface area contributed by atoms with Crippen molar-refractivity contribution >= 4 is 0 Å². The molecule has 0 radical (unpaired) electrons. The second kappa shape index (κ2) is 4.80. The number of methoxy groups -OCH3 is 1. The van der Waals surface area contributed by atoms with Crippen molar-refractivity contribution in [2.24, 2.45) is 5.73 Å². The largest absolute Gasteiger partial charge is 0.494 e. The summed E-state index contributed by atoms with van der Waals surface area (Å²) in [5.41, 5.74) is 6.98. The lowest BCUT2D eigenvalue weighted by atomic mass is 9.87. The topological polar surface area (TPSA) is 47.3 Å². The summed E-state index contributed by atoms with van der Waals surface area (Å²) in [6.07, 6.45) is 0.929. The summed E-state index contributed by atoms with van der Waals surface area (Å²) < 4.78 is 18.4. The van der Waals surface area contributed by atoms with E-state index >= 15 is 0 Å². The minimum Gasteiger partial charge on any atom is -0.494 e. The molecule has 1 fully saturated rings. The van der Waals surface area contributed by atoms with Crippen LogP contribution in [-0.4, -0.2) is 26.2 Å². The lowest BCUT2D eigenvalue weighted by Crippen LogP contribution is -2.43. The SMILES string of the molecule is COc1ccc(C2CNCCC2N)cc1F. The molecule has 0 bridgehead atoms. The van der Waals surface area contributed by atoms with Crippen LogP contribution >= 0.6 is 0 Å². The third-order valence-corrected chi connectivity index (χ3v) is 3.14. The van der Waals surface area contributed by atoms with Crippen molar-refractivity contribution in [1.29, 1.82) is 0 Å². The number of nitrogens with one attached hydrogen (secondary N) is 1. The molecule has 0 aromatic heterocycles. The van der Waals surface area contributed by atoms with E-state index in [2.05, 4.69) is 5.32 Å². The van der Waals surface area contributed by atoms with E-state index < -0.39 is 0 Å². The standard InChI is InChI=1S/C12H17FN2O/c1-16-12-3-2-8(6-10(12)13)9-7-15-5-4-11(9)14/h2-3,6,9,11,15H,4-5,7,14H2,1H3. The second-order valence-corrected chi connectivity index (χ2v) is 4.16. The van der Waals surface area contributed by atoms with Gasteiger partial charge in [-0.3, -0.25) is 0 Å². The van der Waals surface area contributed by atoms with Crippen molar-refractivity contribution in [2.45, 2.75) is 18.4 Å². The molecule has 4 heteroatoms. The summed E-state index contributed by atoms with van der Waals surface area (Å²) in [5.74, 6) is 0.146. The fourth-order valence-corrected chi connectivity index (χ4v) is 2.16. The normalized spacial score (nSPS) is 25.4. The molecule has 3 N–H and O–H groups in total. The van der Waals surface area contributed by atoms with Crippen LogP contribution in [0.4, 0.5) is 4.39 Å². The summed E-state index contributed by atoms with van der Waals surface area (Å²) in [5, 5.41) is 3.28. The van der Waals surface area contributed by atoms with Crippen LogP contribution in [0.3, 0.4) is 0 Å². The van der Waals surface area contributed by atoms with Crippen LogP contribution in [0, 0.1) is 5.82 Å². The number of hydrogen-bond acceptors (Lipinski definition) is 3. The van der Waals surface area contributed by atoms with Gasteiger partial charge in [-0.25, -0.2) is 4.39 Å². The Labute approximate surface area is 94.8 Å². The zero-order chi connectivity index (χ0) is 11.5.